The van der Waals surface area contributed by atoms with Crippen LogP contribution in [0.1, 0.15) is 89.0 Å². The van der Waals surface area contributed by atoms with Crippen LogP contribution in [0.4, 0.5) is 0 Å². The van der Waals surface area contributed by atoms with Gasteiger partial charge in [0.15, 0.2) is 0 Å². The van der Waals surface area contributed by atoms with Crippen molar-refractivity contribution in [3.63, 3.8) is 0 Å². The third-order valence-corrected chi connectivity index (χ3v) is 4.60. The lowest BCUT2D eigenvalue weighted by Crippen LogP contribution is -2.45. The molecule has 23 heavy (non-hydrogen) atoms. The molecule has 0 amide bonds. The molecule has 2 aliphatic rings. The van der Waals surface area contributed by atoms with Crippen LogP contribution in [0, 0.1) is 5.92 Å². The molecular formula is C21H30O2. The van der Waals surface area contributed by atoms with E-state index in [0.29, 0.717) is 12.8 Å². The molecule has 2 heteroatoms. The summed E-state index contributed by atoms with van der Waals surface area (Å²) in [5.74, 6) is -3.77. The van der Waals surface area contributed by atoms with Gasteiger partial charge in [-0.2, -0.15) is 0 Å². The maximum atomic E-state index is 10.9. The van der Waals surface area contributed by atoms with Crippen molar-refractivity contribution < 1.29 is 22.2 Å². The van der Waals surface area contributed by atoms with Crippen LogP contribution in [0.15, 0.2) is 23.8 Å². The molecule has 126 valence electrons. The number of aryl methyl sites for hydroxylation is 1. The molecule has 0 unspecified atom stereocenters. The molecule has 0 saturated heterocycles. The molecule has 3 rings (SSSR count). The monoisotopic (exact) mass is 323 g/mol. The average molecular weight is 324 g/mol. The van der Waals surface area contributed by atoms with Gasteiger partial charge in [-0.05, 0) is 64.0 Å². The first kappa shape index (κ1) is 8.60. The Balaban J connectivity index is 2.35. The van der Waals surface area contributed by atoms with Gasteiger partial charge in [0.25, 0.3) is 0 Å². The molecule has 0 aromatic heterocycles. The highest BCUT2D eigenvalue weighted by Gasteiger charge is 2.45. The Morgan fingerprint density at radius 1 is 1.43 bits per heavy atom. The van der Waals surface area contributed by atoms with E-state index in [0.717, 1.165) is 12.0 Å². The maximum Gasteiger partial charge on any atom is 0.127 e. The normalized spacial score (nSPS) is 35.8. The highest BCUT2D eigenvalue weighted by molar-refractivity contribution is 5.53. The number of allylic oxidation sites excluding steroid dienone is 2. The van der Waals surface area contributed by atoms with E-state index in [-0.39, 0.29) is 29.7 Å². The Hall–Kier alpha value is -1.44. The molecule has 1 aromatic rings. The lowest BCUT2D eigenvalue weighted by atomic mass is 9.68. The largest absolute Gasteiger partial charge is 0.507 e. The minimum absolute atomic E-state index is 0.0132. The van der Waals surface area contributed by atoms with Crippen LogP contribution < -0.4 is 4.74 Å². The molecule has 0 radical (unpaired) electrons. The van der Waals surface area contributed by atoms with E-state index in [1.807, 2.05) is 6.92 Å². The first-order valence-corrected chi connectivity index (χ1v) is 8.26. The Kier molecular flexibility index (Phi) is 2.33. The standard InChI is InChI=1S/C21H30O2/c1-5-6-7-8-15-12-18(22)20-16-11-14(2)9-10-17(16)21(3,4)23-19(20)13-15/h11-13,16-17,22H,5-10H2,1-4H3/t16-,17-/m1/s1/i3D3,4D3,8D2,16D. The van der Waals surface area contributed by atoms with Gasteiger partial charge in [-0.25, -0.2) is 0 Å². The summed E-state index contributed by atoms with van der Waals surface area (Å²) in [6, 6.07) is 2.52. The minimum Gasteiger partial charge on any atom is -0.507 e. The Morgan fingerprint density at radius 3 is 3.00 bits per heavy atom. The van der Waals surface area contributed by atoms with E-state index in [4.69, 9.17) is 15.7 Å². The van der Waals surface area contributed by atoms with Crippen LogP contribution in [-0.2, 0) is 6.37 Å². The fourth-order valence-electron chi connectivity index (χ4n) is 3.36. The summed E-state index contributed by atoms with van der Waals surface area (Å²) in [5.41, 5.74) is -1.84. The van der Waals surface area contributed by atoms with E-state index >= 15 is 0 Å². The van der Waals surface area contributed by atoms with E-state index < -0.39 is 43.2 Å². The predicted octanol–water partition coefficient (Wildman–Crippen LogP) is 5.74. The molecule has 2 atom stereocenters. The average Bonchev–Trinajstić information content (AvgIpc) is 2.62. The third-order valence-electron chi connectivity index (χ3n) is 4.60. The molecule has 0 saturated carbocycles. The Labute approximate surface area is 153 Å². The zero-order valence-corrected chi connectivity index (χ0v) is 13.7. The smallest absolute Gasteiger partial charge is 0.127 e. The van der Waals surface area contributed by atoms with Gasteiger partial charge >= 0.3 is 0 Å². The van der Waals surface area contributed by atoms with Crippen LogP contribution in [0.25, 0.3) is 0 Å². The number of phenolic OH excluding ortho intramolecular Hbond substituents is 1. The van der Waals surface area contributed by atoms with E-state index in [9.17, 15) is 6.48 Å². The number of hydrogen-bond donors (Lipinski definition) is 1. The van der Waals surface area contributed by atoms with Gasteiger partial charge in [0.2, 0.25) is 0 Å². The Morgan fingerprint density at radius 2 is 2.26 bits per heavy atom. The second kappa shape index (κ2) is 6.22. The number of ether oxygens (including phenoxy) is 1. The number of hydrogen-bond acceptors (Lipinski definition) is 2. The number of rotatable bonds is 4. The molecule has 0 bridgehead atoms. The van der Waals surface area contributed by atoms with Gasteiger partial charge in [0, 0.05) is 29.7 Å². The SMILES string of the molecule is [2H]C([2H])(CCCC)c1cc(O)c2c(c1)OC(C([2H])([2H])[2H])(C([2H])([2H])[2H])[C@@H]1CCC(C)=C[C@@]21[2H]. The van der Waals surface area contributed by atoms with Gasteiger partial charge in [0.1, 0.15) is 17.1 Å². The maximum absolute atomic E-state index is 10.9. The van der Waals surface area contributed by atoms with Crippen LogP contribution in [-0.4, -0.2) is 10.7 Å². The number of fused-ring (bicyclic) bond motifs is 3. The zero-order valence-electron chi connectivity index (χ0n) is 22.7. The third kappa shape index (κ3) is 3.13. The predicted molar refractivity (Wildman–Crippen MR) is 95.3 cm³/mol. The van der Waals surface area contributed by atoms with Gasteiger partial charge in [-0.15, -0.1) is 0 Å². The molecule has 1 aromatic carbocycles. The van der Waals surface area contributed by atoms with Crippen LogP contribution in [0.2, 0.25) is 0 Å². The lowest BCUT2D eigenvalue weighted by Gasteiger charge is -2.46. The molecule has 1 aliphatic carbocycles. The second-order valence-electron chi connectivity index (χ2n) is 6.52. The van der Waals surface area contributed by atoms with Crippen molar-refractivity contribution in [2.75, 3.05) is 0 Å². The fraction of sp³-hybridized carbons (Fsp3) is 0.619. The summed E-state index contributed by atoms with van der Waals surface area (Å²) < 4.78 is 80.9. The molecular weight excluding hydrogens is 284 g/mol. The molecule has 2 nitrogen and oxygen atoms in total. The van der Waals surface area contributed by atoms with Crippen LogP contribution in [0.3, 0.4) is 0 Å². The molecule has 0 fully saturated rings. The summed E-state index contributed by atoms with van der Waals surface area (Å²) >= 11 is 0. The fourth-order valence-corrected chi connectivity index (χ4v) is 3.36. The number of phenols is 1. The van der Waals surface area contributed by atoms with Crippen molar-refractivity contribution in [1.29, 1.82) is 0 Å². The lowest BCUT2D eigenvalue weighted by molar-refractivity contribution is 0.0107. The van der Waals surface area contributed by atoms with Crippen LogP contribution >= 0.6 is 0 Å². The molecule has 1 aliphatic heterocycles. The topological polar surface area (TPSA) is 29.5 Å². The minimum atomic E-state index is -3.10. The van der Waals surface area contributed by atoms with Gasteiger partial charge < -0.3 is 9.84 Å². The summed E-state index contributed by atoms with van der Waals surface area (Å²) in [6.07, 6.45) is 1.69. The quantitative estimate of drug-likeness (QED) is 0.716. The van der Waals surface area contributed by atoms with E-state index in [1.165, 1.54) is 18.2 Å². The molecule has 1 N–H and O–H groups in total. The zero-order chi connectivity index (χ0) is 24.3. The van der Waals surface area contributed by atoms with Gasteiger partial charge in [-0.1, -0.05) is 31.4 Å². The number of benzene rings is 1. The van der Waals surface area contributed by atoms with Crippen molar-refractivity contribution in [2.45, 2.75) is 77.5 Å². The van der Waals surface area contributed by atoms with Crippen LogP contribution in [0.5, 0.6) is 11.5 Å². The first-order chi connectivity index (χ1) is 14.5. The summed E-state index contributed by atoms with van der Waals surface area (Å²) in [7, 11) is 0. The summed E-state index contributed by atoms with van der Waals surface area (Å²) in [5, 5.41) is 10.9. The van der Waals surface area contributed by atoms with E-state index in [1.54, 1.807) is 6.92 Å². The van der Waals surface area contributed by atoms with Gasteiger partial charge in [0.05, 0.1) is 0 Å². The van der Waals surface area contributed by atoms with Crippen molar-refractivity contribution in [2.24, 2.45) is 5.92 Å². The summed E-state index contributed by atoms with van der Waals surface area (Å²) in [6.45, 7) is -2.49. The second-order valence-corrected chi connectivity index (χ2v) is 6.52. The number of unbranched alkanes of at least 4 members (excludes halogenated alkanes) is 1. The molecule has 0 spiro atoms. The Bertz CT molecular complexity index is 903. The first-order valence-electron chi connectivity index (χ1n) is 12.8. The number of aromatic hydroxyl groups is 1. The molecule has 1 heterocycles. The van der Waals surface area contributed by atoms with E-state index in [2.05, 4.69) is 0 Å². The van der Waals surface area contributed by atoms with Crippen molar-refractivity contribution >= 4 is 0 Å². The van der Waals surface area contributed by atoms with Gasteiger partial charge in [-0.3, -0.25) is 0 Å². The van der Waals surface area contributed by atoms with Crippen molar-refractivity contribution in [3.05, 3.63) is 34.9 Å². The highest BCUT2D eigenvalue weighted by atomic mass is 16.5. The summed E-state index contributed by atoms with van der Waals surface area (Å²) in [4.78, 5) is 0. The van der Waals surface area contributed by atoms with Crippen molar-refractivity contribution in [1.82, 2.24) is 0 Å². The highest BCUT2D eigenvalue weighted by Crippen LogP contribution is 2.53. The van der Waals surface area contributed by atoms with Crippen molar-refractivity contribution in [3.8, 4) is 11.5 Å².